The zero-order valence-electron chi connectivity index (χ0n) is 14.6. The number of amides is 1. The van der Waals surface area contributed by atoms with Crippen molar-refractivity contribution in [2.75, 3.05) is 23.7 Å². The standard InChI is InChI=1S/C18H21FN2O4S/c1-3-25-16-10-8-15(9-11-16)21(26(2,23)24)13-18(22)20-12-14-6-4-5-7-17(14)19/h4-11H,3,12-13H2,1-2H3,(H,20,22). The van der Waals surface area contributed by atoms with Gasteiger partial charge in [0.05, 0.1) is 18.6 Å². The summed E-state index contributed by atoms with van der Waals surface area (Å²) in [5.41, 5.74) is 0.671. The van der Waals surface area contributed by atoms with Crippen LogP contribution in [0.5, 0.6) is 5.75 Å². The zero-order chi connectivity index (χ0) is 19.2. The van der Waals surface area contributed by atoms with Crippen LogP contribution in [0.3, 0.4) is 0 Å². The highest BCUT2D eigenvalue weighted by Gasteiger charge is 2.21. The summed E-state index contributed by atoms with van der Waals surface area (Å²) in [5.74, 6) is -0.361. The van der Waals surface area contributed by atoms with E-state index in [0.29, 0.717) is 23.6 Å². The smallest absolute Gasteiger partial charge is 0.241 e. The van der Waals surface area contributed by atoms with E-state index in [1.165, 1.54) is 6.07 Å². The van der Waals surface area contributed by atoms with Crippen molar-refractivity contribution in [2.24, 2.45) is 0 Å². The molecule has 0 aliphatic carbocycles. The van der Waals surface area contributed by atoms with Crippen LogP contribution in [-0.4, -0.2) is 33.7 Å². The number of rotatable bonds is 8. The molecule has 0 fully saturated rings. The van der Waals surface area contributed by atoms with Gasteiger partial charge in [0.2, 0.25) is 15.9 Å². The first-order valence-electron chi connectivity index (χ1n) is 8.02. The fourth-order valence-corrected chi connectivity index (χ4v) is 3.15. The monoisotopic (exact) mass is 380 g/mol. The van der Waals surface area contributed by atoms with Crippen molar-refractivity contribution in [3.05, 3.63) is 59.9 Å². The largest absolute Gasteiger partial charge is 0.494 e. The Morgan fingerprint density at radius 3 is 2.38 bits per heavy atom. The number of sulfonamides is 1. The van der Waals surface area contributed by atoms with Crippen LogP contribution in [0.25, 0.3) is 0 Å². The topological polar surface area (TPSA) is 75.7 Å². The van der Waals surface area contributed by atoms with Crippen molar-refractivity contribution >= 4 is 21.6 Å². The van der Waals surface area contributed by atoms with Gasteiger partial charge in [-0.15, -0.1) is 0 Å². The molecule has 0 aliphatic heterocycles. The minimum absolute atomic E-state index is 0.0214. The number of nitrogens with one attached hydrogen (secondary N) is 1. The van der Waals surface area contributed by atoms with Crippen LogP contribution in [-0.2, 0) is 21.4 Å². The molecule has 0 spiro atoms. The van der Waals surface area contributed by atoms with Crippen LogP contribution in [0.15, 0.2) is 48.5 Å². The van der Waals surface area contributed by atoms with E-state index in [0.717, 1.165) is 10.6 Å². The maximum atomic E-state index is 13.6. The Morgan fingerprint density at radius 2 is 1.81 bits per heavy atom. The summed E-state index contributed by atoms with van der Waals surface area (Å²) in [6, 6.07) is 12.5. The molecule has 2 aromatic carbocycles. The van der Waals surface area contributed by atoms with E-state index in [-0.39, 0.29) is 6.54 Å². The van der Waals surface area contributed by atoms with Crippen molar-refractivity contribution < 1.29 is 22.3 Å². The van der Waals surface area contributed by atoms with Crippen molar-refractivity contribution in [1.82, 2.24) is 5.32 Å². The highest BCUT2D eigenvalue weighted by Crippen LogP contribution is 2.21. The Balaban J connectivity index is 2.08. The van der Waals surface area contributed by atoms with Gasteiger partial charge >= 0.3 is 0 Å². The predicted molar refractivity (Wildman–Crippen MR) is 98.0 cm³/mol. The van der Waals surface area contributed by atoms with Crippen molar-refractivity contribution in [1.29, 1.82) is 0 Å². The summed E-state index contributed by atoms with van der Waals surface area (Å²) in [6.07, 6.45) is 1.02. The van der Waals surface area contributed by atoms with Crippen LogP contribution >= 0.6 is 0 Å². The van der Waals surface area contributed by atoms with Crippen LogP contribution in [0.4, 0.5) is 10.1 Å². The Labute approximate surface area is 152 Å². The first-order valence-corrected chi connectivity index (χ1v) is 9.86. The molecule has 0 aromatic heterocycles. The number of hydrogen-bond acceptors (Lipinski definition) is 4. The number of carbonyl (C=O) groups excluding carboxylic acids is 1. The third kappa shape index (κ3) is 5.45. The Bertz CT molecular complexity index is 854. The summed E-state index contributed by atoms with van der Waals surface area (Å²) in [6.45, 7) is 1.91. The normalized spacial score (nSPS) is 11.0. The Kier molecular flexibility index (Phi) is 6.57. The molecule has 0 saturated heterocycles. The number of anilines is 1. The van der Waals surface area contributed by atoms with E-state index < -0.39 is 28.3 Å². The molecule has 0 unspecified atom stereocenters. The lowest BCUT2D eigenvalue weighted by atomic mass is 10.2. The maximum Gasteiger partial charge on any atom is 0.241 e. The lowest BCUT2D eigenvalue weighted by Crippen LogP contribution is -2.40. The van der Waals surface area contributed by atoms with Crippen molar-refractivity contribution in [2.45, 2.75) is 13.5 Å². The van der Waals surface area contributed by atoms with E-state index in [2.05, 4.69) is 5.32 Å². The number of ether oxygens (including phenoxy) is 1. The zero-order valence-corrected chi connectivity index (χ0v) is 15.4. The van der Waals surface area contributed by atoms with Gasteiger partial charge in [0.1, 0.15) is 18.1 Å². The number of nitrogens with zero attached hydrogens (tertiary/aromatic N) is 1. The molecule has 1 amide bonds. The second kappa shape index (κ2) is 8.66. The Hall–Kier alpha value is -2.61. The van der Waals surface area contributed by atoms with Gasteiger partial charge in [0.25, 0.3) is 0 Å². The molecule has 0 saturated carbocycles. The predicted octanol–water partition coefficient (Wildman–Crippen LogP) is 2.31. The third-order valence-corrected chi connectivity index (χ3v) is 4.70. The molecule has 140 valence electrons. The summed E-state index contributed by atoms with van der Waals surface area (Å²) in [5, 5.41) is 2.53. The van der Waals surface area contributed by atoms with Gasteiger partial charge < -0.3 is 10.1 Å². The van der Waals surface area contributed by atoms with Gasteiger partial charge in [-0.1, -0.05) is 18.2 Å². The first-order chi connectivity index (χ1) is 12.3. The minimum Gasteiger partial charge on any atom is -0.494 e. The summed E-state index contributed by atoms with van der Waals surface area (Å²) >= 11 is 0. The molecule has 0 atom stereocenters. The van der Waals surface area contributed by atoms with E-state index in [4.69, 9.17) is 4.74 Å². The SMILES string of the molecule is CCOc1ccc(N(CC(=O)NCc2ccccc2F)S(C)(=O)=O)cc1. The molecule has 0 heterocycles. The lowest BCUT2D eigenvalue weighted by molar-refractivity contribution is -0.119. The minimum atomic E-state index is -3.67. The molecule has 2 aromatic rings. The van der Waals surface area contributed by atoms with Gasteiger partial charge in [-0.05, 0) is 37.3 Å². The molecule has 0 bridgehead atoms. The molecular weight excluding hydrogens is 359 g/mol. The van der Waals surface area contributed by atoms with Crippen LogP contribution < -0.4 is 14.4 Å². The fourth-order valence-electron chi connectivity index (χ4n) is 2.30. The molecule has 8 heteroatoms. The van der Waals surface area contributed by atoms with Crippen LogP contribution in [0, 0.1) is 5.82 Å². The summed E-state index contributed by atoms with van der Waals surface area (Å²) in [4.78, 5) is 12.2. The van der Waals surface area contributed by atoms with Crippen LogP contribution in [0.2, 0.25) is 0 Å². The Morgan fingerprint density at radius 1 is 1.15 bits per heavy atom. The van der Waals surface area contributed by atoms with Gasteiger partial charge in [-0.25, -0.2) is 12.8 Å². The van der Waals surface area contributed by atoms with Gasteiger partial charge in [-0.3, -0.25) is 9.10 Å². The lowest BCUT2D eigenvalue weighted by Gasteiger charge is -2.22. The summed E-state index contributed by atoms with van der Waals surface area (Å²) < 4.78 is 44.0. The highest BCUT2D eigenvalue weighted by atomic mass is 32.2. The van der Waals surface area contributed by atoms with Gasteiger partial charge in [-0.2, -0.15) is 0 Å². The van der Waals surface area contributed by atoms with Gasteiger partial charge in [0.15, 0.2) is 0 Å². The van der Waals surface area contributed by atoms with E-state index >= 15 is 0 Å². The van der Waals surface area contributed by atoms with Gasteiger partial charge in [0, 0.05) is 12.1 Å². The molecule has 2 rings (SSSR count). The second-order valence-corrected chi connectivity index (χ2v) is 7.47. The number of halogens is 1. The van der Waals surface area contributed by atoms with Crippen molar-refractivity contribution in [3.63, 3.8) is 0 Å². The highest BCUT2D eigenvalue weighted by molar-refractivity contribution is 7.92. The molecule has 0 radical (unpaired) electrons. The van der Waals surface area contributed by atoms with E-state index in [9.17, 15) is 17.6 Å². The quantitative estimate of drug-likeness (QED) is 0.763. The maximum absolute atomic E-state index is 13.6. The number of carbonyl (C=O) groups is 1. The average Bonchev–Trinajstić information content (AvgIpc) is 2.59. The molecule has 26 heavy (non-hydrogen) atoms. The molecule has 1 N–H and O–H groups in total. The number of benzene rings is 2. The third-order valence-electron chi connectivity index (χ3n) is 3.56. The first kappa shape index (κ1) is 19.7. The molecule has 6 nitrogen and oxygen atoms in total. The molecular formula is C18H21FN2O4S. The average molecular weight is 380 g/mol. The summed E-state index contributed by atoms with van der Waals surface area (Å²) in [7, 11) is -3.67. The molecule has 0 aliphatic rings. The van der Waals surface area contributed by atoms with Crippen LogP contribution in [0.1, 0.15) is 12.5 Å². The number of hydrogen-bond donors (Lipinski definition) is 1. The fraction of sp³-hybridized carbons (Fsp3) is 0.278. The van der Waals surface area contributed by atoms with E-state index in [1.807, 2.05) is 6.92 Å². The van der Waals surface area contributed by atoms with Crippen molar-refractivity contribution in [3.8, 4) is 5.75 Å². The van der Waals surface area contributed by atoms with E-state index in [1.54, 1.807) is 42.5 Å². The second-order valence-electron chi connectivity index (χ2n) is 5.56.